The van der Waals surface area contributed by atoms with Crippen molar-refractivity contribution in [3.05, 3.63) is 96.3 Å². The average Bonchev–Trinajstić information content (AvgIpc) is 3.18. The van der Waals surface area contributed by atoms with Crippen LogP contribution in [0.3, 0.4) is 0 Å². The van der Waals surface area contributed by atoms with Gasteiger partial charge < -0.3 is 4.57 Å². The molecule has 4 rings (SSSR count). The second kappa shape index (κ2) is 10.0. The summed E-state index contributed by atoms with van der Waals surface area (Å²) >= 11 is 3.53. The Balaban J connectivity index is 1.48. The van der Waals surface area contributed by atoms with Gasteiger partial charge in [-0.05, 0) is 40.5 Å². The van der Waals surface area contributed by atoms with Crippen LogP contribution in [-0.4, -0.2) is 14.8 Å². The summed E-state index contributed by atoms with van der Waals surface area (Å²) in [4.78, 5) is 1.25. The third kappa shape index (κ3) is 4.79. The quantitative estimate of drug-likeness (QED) is 0.216. The third-order valence-electron chi connectivity index (χ3n) is 5.04. The molecular weight excluding hydrogens is 406 g/mol. The molecule has 1 aromatic heterocycles. The summed E-state index contributed by atoms with van der Waals surface area (Å²) < 4.78 is 2.18. The lowest BCUT2D eigenvalue weighted by Gasteiger charge is -2.09. The van der Waals surface area contributed by atoms with Crippen molar-refractivity contribution in [1.82, 2.24) is 14.8 Å². The van der Waals surface area contributed by atoms with Crippen LogP contribution in [0.4, 0.5) is 0 Å². The number of hydrogen-bond donors (Lipinski definition) is 0. The van der Waals surface area contributed by atoms with Crippen molar-refractivity contribution in [3.8, 4) is 0 Å². The molecule has 3 nitrogen and oxygen atoms in total. The first kappa shape index (κ1) is 20.8. The molecule has 0 amide bonds. The number of fused-ring (bicyclic) bond motifs is 1. The highest BCUT2D eigenvalue weighted by molar-refractivity contribution is 7.98. The van der Waals surface area contributed by atoms with Crippen LogP contribution in [0.15, 0.2) is 89.4 Å². The second-order valence-electron chi connectivity index (χ2n) is 7.01. The Kier molecular flexibility index (Phi) is 6.92. The van der Waals surface area contributed by atoms with Crippen molar-refractivity contribution in [1.29, 1.82) is 0 Å². The molecule has 0 aliphatic carbocycles. The molecule has 4 aromatic rings. The standard InChI is InChI=1S/C25H25N3S2/c1-3-16-28-24(18-29-22-14-12-19(4-2)13-15-22)26-27-25(28)30-17-21-10-7-9-20-8-5-6-11-23(20)21/h3,5-15H,1,4,16-18H2,2H3. The summed E-state index contributed by atoms with van der Waals surface area (Å²) in [7, 11) is 0. The van der Waals surface area contributed by atoms with E-state index < -0.39 is 0 Å². The minimum absolute atomic E-state index is 0.718. The van der Waals surface area contributed by atoms with Gasteiger partial charge in [-0.15, -0.1) is 28.5 Å². The van der Waals surface area contributed by atoms with Crippen molar-refractivity contribution < 1.29 is 0 Å². The number of benzene rings is 3. The molecule has 0 spiro atoms. The molecule has 1 heterocycles. The van der Waals surface area contributed by atoms with E-state index in [0.29, 0.717) is 0 Å². The SMILES string of the molecule is C=CCn1c(CSc2ccc(CC)cc2)nnc1SCc1cccc2ccccc12. The van der Waals surface area contributed by atoms with Gasteiger partial charge in [0.1, 0.15) is 5.82 Å². The van der Waals surface area contributed by atoms with Gasteiger partial charge in [-0.3, -0.25) is 0 Å². The van der Waals surface area contributed by atoms with E-state index in [0.717, 1.165) is 35.5 Å². The van der Waals surface area contributed by atoms with Gasteiger partial charge in [-0.1, -0.05) is 79.4 Å². The largest absolute Gasteiger partial charge is 0.301 e. The topological polar surface area (TPSA) is 30.7 Å². The Morgan fingerprint density at radius 2 is 1.70 bits per heavy atom. The van der Waals surface area contributed by atoms with E-state index in [9.17, 15) is 0 Å². The molecule has 0 atom stereocenters. The fourth-order valence-electron chi connectivity index (χ4n) is 3.37. The van der Waals surface area contributed by atoms with Gasteiger partial charge in [-0.2, -0.15) is 0 Å². The lowest BCUT2D eigenvalue weighted by Crippen LogP contribution is -2.03. The highest BCUT2D eigenvalue weighted by atomic mass is 32.2. The van der Waals surface area contributed by atoms with Crippen LogP contribution in [0.2, 0.25) is 0 Å². The minimum atomic E-state index is 0.718. The molecule has 152 valence electrons. The first-order chi connectivity index (χ1) is 14.8. The van der Waals surface area contributed by atoms with Crippen LogP contribution in [0, 0.1) is 0 Å². The monoisotopic (exact) mass is 431 g/mol. The molecule has 0 unspecified atom stereocenters. The summed E-state index contributed by atoms with van der Waals surface area (Å²) in [5.74, 6) is 2.64. The van der Waals surface area contributed by atoms with E-state index in [1.807, 2.05) is 6.08 Å². The van der Waals surface area contributed by atoms with Gasteiger partial charge in [0.2, 0.25) is 0 Å². The normalized spacial score (nSPS) is 11.1. The third-order valence-corrected chi connectivity index (χ3v) is 7.06. The Hall–Kier alpha value is -2.50. The Labute approximate surface area is 186 Å². The van der Waals surface area contributed by atoms with Crippen molar-refractivity contribution in [2.24, 2.45) is 0 Å². The van der Waals surface area contributed by atoms with Gasteiger partial charge in [-0.25, -0.2) is 0 Å². The summed E-state index contributed by atoms with van der Waals surface area (Å²) in [6.45, 7) is 6.82. The van der Waals surface area contributed by atoms with Crippen molar-refractivity contribution in [3.63, 3.8) is 0 Å². The van der Waals surface area contributed by atoms with E-state index in [4.69, 9.17) is 0 Å². The maximum absolute atomic E-state index is 4.48. The summed E-state index contributed by atoms with van der Waals surface area (Å²) in [5, 5.41) is 12.5. The molecule has 0 bridgehead atoms. The molecule has 5 heteroatoms. The van der Waals surface area contributed by atoms with E-state index in [2.05, 4.69) is 95.0 Å². The Morgan fingerprint density at radius 1 is 0.900 bits per heavy atom. The zero-order chi connectivity index (χ0) is 20.8. The Morgan fingerprint density at radius 3 is 2.50 bits per heavy atom. The zero-order valence-corrected chi connectivity index (χ0v) is 18.8. The number of aromatic nitrogens is 3. The fraction of sp³-hybridized carbons (Fsp3) is 0.200. The van der Waals surface area contributed by atoms with Crippen LogP contribution < -0.4 is 0 Å². The van der Waals surface area contributed by atoms with Crippen molar-refractivity contribution in [2.75, 3.05) is 0 Å². The van der Waals surface area contributed by atoms with Gasteiger partial charge in [0.25, 0.3) is 0 Å². The van der Waals surface area contributed by atoms with Crippen LogP contribution in [-0.2, 0) is 24.5 Å². The summed E-state index contributed by atoms with van der Waals surface area (Å²) in [6.07, 6.45) is 2.98. The predicted molar refractivity (Wildman–Crippen MR) is 129 cm³/mol. The molecule has 0 saturated carbocycles. The van der Waals surface area contributed by atoms with Crippen LogP contribution >= 0.6 is 23.5 Å². The van der Waals surface area contributed by atoms with Gasteiger partial charge >= 0.3 is 0 Å². The molecule has 0 N–H and O–H groups in total. The smallest absolute Gasteiger partial charge is 0.191 e. The number of hydrogen-bond acceptors (Lipinski definition) is 4. The van der Waals surface area contributed by atoms with E-state index in [1.54, 1.807) is 23.5 Å². The highest BCUT2D eigenvalue weighted by Crippen LogP contribution is 2.29. The number of rotatable bonds is 9. The van der Waals surface area contributed by atoms with E-state index >= 15 is 0 Å². The highest BCUT2D eigenvalue weighted by Gasteiger charge is 2.13. The molecule has 3 aromatic carbocycles. The first-order valence-corrected chi connectivity index (χ1v) is 12.1. The average molecular weight is 432 g/mol. The lowest BCUT2D eigenvalue weighted by atomic mass is 10.1. The molecule has 0 aliphatic heterocycles. The minimum Gasteiger partial charge on any atom is -0.301 e. The van der Waals surface area contributed by atoms with Gasteiger partial charge in [0.15, 0.2) is 5.16 Å². The molecule has 0 aliphatic rings. The van der Waals surface area contributed by atoms with Crippen LogP contribution in [0.5, 0.6) is 0 Å². The molecule has 0 radical (unpaired) electrons. The van der Waals surface area contributed by atoms with Gasteiger partial charge in [0, 0.05) is 17.2 Å². The van der Waals surface area contributed by atoms with E-state index in [1.165, 1.54) is 26.8 Å². The van der Waals surface area contributed by atoms with Crippen LogP contribution in [0.1, 0.15) is 23.9 Å². The lowest BCUT2D eigenvalue weighted by molar-refractivity contribution is 0.700. The van der Waals surface area contributed by atoms with Crippen molar-refractivity contribution >= 4 is 34.3 Å². The van der Waals surface area contributed by atoms with Crippen LogP contribution in [0.25, 0.3) is 10.8 Å². The molecule has 30 heavy (non-hydrogen) atoms. The number of aryl methyl sites for hydroxylation is 1. The first-order valence-electron chi connectivity index (χ1n) is 10.1. The van der Waals surface area contributed by atoms with E-state index in [-0.39, 0.29) is 0 Å². The second-order valence-corrected chi connectivity index (χ2v) is 9.00. The number of nitrogens with zero attached hydrogens (tertiary/aromatic N) is 3. The fourth-order valence-corrected chi connectivity index (χ4v) is 5.18. The molecule has 0 saturated heterocycles. The van der Waals surface area contributed by atoms with Gasteiger partial charge in [0.05, 0.1) is 5.75 Å². The molecule has 0 fully saturated rings. The van der Waals surface area contributed by atoms with Crippen molar-refractivity contribution in [2.45, 2.75) is 41.4 Å². The maximum atomic E-state index is 4.48. The number of thioether (sulfide) groups is 2. The zero-order valence-electron chi connectivity index (χ0n) is 17.1. The molecular formula is C25H25N3S2. The Bertz CT molecular complexity index is 1130. The maximum Gasteiger partial charge on any atom is 0.191 e. The number of allylic oxidation sites excluding steroid dienone is 1. The summed E-state index contributed by atoms with van der Waals surface area (Å²) in [5.41, 5.74) is 2.68. The predicted octanol–water partition coefficient (Wildman–Crippen LogP) is 6.76. The summed E-state index contributed by atoms with van der Waals surface area (Å²) in [6, 6.07) is 23.8.